The van der Waals surface area contributed by atoms with Gasteiger partial charge in [-0.3, -0.25) is 0 Å². The monoisotopic (exact) mass is 328 g/mol. The number of rotatable bonds is 1. The Morgan fingerprint density at radius 3 is 2.38 bits per heavy atom. The predicted molar refractivity (Wildman–Crippen MR) is 106 cm³/mol. The molecular formula is C24H40. The fraction of sp³-hybridized carbons (Fsp3) is 0.833. The van der Waals surface area contributed by atoms with Crippen LogP contribution in [0.2, 0.25) is 0 Å². The SMILES string of the molecule is CC.CCC1CCC2(C)C(=CCC3C4CC=C(C)C4(C)CCC32)C1. The Labute approximate surface area is 151 Å². The third kappa shape index (κ3) is 2.55. The Hall–Kier alpha value is -0.520. The van der Waals surface area contributed by atoms with E-state index in [2.05, 4.69) is 39.8 Å². The summed E-state index contributed by atoms with van der Waals surface area (Å²) in [6.07, 6.45) is 16.7. The summed E-state index contributed by atoms with van der Waals surface area (Å²) in [6, 6.07) is 0. The van der Waals surface area contributed by atoms with Crippen LogP contribution in [-0.2, 0) is 0 Å². The zero-order valence-electron chi connectivity index (χ0n) is 17.1. The predicted octanol–water partition coefficient (Wildman–Crippen LogP) is 7.56. The summed E-state index contributed by atoms with van der Waals surface area (Å²) in [4.78, 5) is 0. The minimum atomic E-state index is 0.531. The van der Waals surface area contributed by atoms with Crippen LogP contribution in [0.4, 0.5) is 0 Å². The van der Waals surface area contributed by atoms with Gasteiger partial charge in [0, 0.05) is 0 Å². The molecular weight excluding hydrogens is 288 g/mol. The van der Waals surface area contributed by atoms with Crippen LogP contribution in [0, 0.1) is 34.5 Å². The van der Waals surface area contributed by atoms with Gasteiger partial charge < -0.3 is 0 Å². The largest absolute Gasteiger partial charge is 0.0847 e. The van der Waals surface area contributed by atoms with E-state index in [1.807, 2.05) is 19.4 Å². The molecule has 2 saturated carbocycles. The Kier molecular flexibility index (Phi) is 5.07. The van der Waals surface area contributed by atoms with Gasteiger partial charge in [0.25, 0.3) is 0 Å². The summed E-state index contributed by atoms with van der Waals surface area (Å²) in [5.41, 5.74) is 4.64. The number of allylic oxidation sites excluding steroid dienone is 4. The van der Waals surface area contributed by atoms with Gasteiger partial charge in [-0.1, -0.05) is 64.3 Å². The molecule has 6 atom stereocenters. The Balaban J connectivity index is 0.000000815. The van der Waals surface area contributed by atoms with Crippen molar-refractivity contribution < 1.29 is 0 Å². The first kappa shape index (κ1) is 18.3. The summed E-state index contributed by atoms with van der Waals surface area (Å²) >= 11 is 0. The highest BCUT2D eigenvalue weighted by Gasteiger charge is 2.55. The highest BCUT2D eigenvalue weighted by molar-refractivity contribution is 5.29. The minimum Gasteiger partial charge on any atom is -0.0847 e. The van der Waals surface area contributed by atoms with Gasteiger partial charge in [0.05, 0.1) is 0 Å². The third-order valence-electron chi connectivity index (χ3n) is 8.75. The van der Waals surface area contributed by atoms with Crippen LogP contribution in [0.25, 0.3) is 0 Å². The van der Waals surface area contributed by atoms with Crippen molar-refractivity contribution >= 4 is 0 Å². The van der Waals surface area contributed by atoms with Gasteiger partial charge in [0.2, 0.25) is 0 Å². The van der Waals surface area contributed by atoms with Crippen LogP contribution in [0.3, 0.4) is 0 Å². The number of hydrogen-bond acceptors (Lipinski definition) is 0. The molecule has 0 aromatic rings. The van der Waals surface area contributed by atoms with E-state index in [0.29, 0.717) is 10.8 Å². The summed E-state index contributed by atoms with van der Waals surface area (Å²) in [5, 5.41) is 0. The van der Waals surface area contributed by atoms with E-state index in [0.717, 1.165) is 23.7 Å². The quantitative estimate of drug-likeness (QED) is 0.436. The molecule has 6 unspecified atom stereocenters. The fourth-order valence-corrected chi connectivity index (χ4v) is 6.87. The molecule has 0 heterocycles. The Morgan fingerprint density at radius 2 is 1.67 bits per heavy atom. The van der Waals surface area contributed by atoms with E-state index >= 15 is 0 Å². The van der Waals surface area contributed by atoms with Gasteiger partial charge in [0.1, 0.15) is 0 Å². The van der Waals surface area contributed by atoms with Crippen LogP contribution in [0.1, 0.15) is 92.9 Å². The number of fused-ring (bicyclic) bond motifs is 5. The molecule has 4 rings (SSSR count). The molecule has 0 saturated heterocycles. The molecule has 24 heavy (non-hydrogen) atoms. The molecule has 4 aliphatic rings. The summed E-state index contributed by atoms with van der Waals surface area (Å²) in [5.74, 6) is 3.84. The second kappa shape index (κ2) is 6.65. The molecule has 136 valence electrons. The van der Waals surface area contributed by atoms with Gasteiger partial charge in [0.15, 0.2) is 0 Å². The molecule has 0 spiro atoms. The van der Waals surface area contributed by atoms with Crippen LogP contribution in [0.5, 0.6) is 0 Å². The molecule has 0 bridgehead atoms. The van der Waals surface area contributed by atoms with Crippen molar-refractivity contribution in [3.63, 3.8) is 0 Å². The van der Waals surface area contributed by atoms with Crippen LogP contribution in [-0.4, -0.2) is 0 Å². The lowest BCUT2D eigenvalue weighted by molar-refractivity contribution is -0.0211. The standard InChI is InChI=1S/C22H34.C2H6/c1-5-16-10-12-22(4)17(14-16)7-8-18-19-9-6-15(2)21(19,3)13-11-20(18)22;1-2/h6-7,16,18-20H,5,8-14H2,1-4H3;1-2H3. The molecule has 0 nitrogen and oxygen atoms in total. The Morgan fingerprint density at radius 1 is 0.958 bits per heavy atom. The zero-order chi connectivity index (χ0) is 17.5. The zero-order valence-corrected chi connectivity index (χ0v) is 17.1. The molecule has 0 radical (unpaired) electrons. The lowest BCUT2D eigenvalue weighted by Gasteiger charge is -2.58. The first-order valence-corrected chi connectivity index (χ1v) is 10.9. The first-order chi connectivity index (χ1) is 11.5. The van der Waals surface area contributed by atoms with Gasteiger partial charge in [-0.25, -0.2) is 0 Å². The fourth-order valence-electron chi connectivity index (χ4n) is 6.87. The van der Waals surface area contributed by atoms with E-state index in [1.165, 1.54) is 51.4 Å². The molecule has 0 aromatic heterocycles. The summed E-state index contributed by atoms with van der Waals surface area (Å²) in [6.45, 7) is 14.0. The average Bonchev–Trinajstić information content (AvgIpc) is 2.91. The normalized spacial score (nSPS) is 46.6. The van der Waals surface area contributed by atoms with Crippen molar-refractivity contribution in [2.45, 2.75) is 92.9 Å². The van der Waals surface area contributed by atoms with Gasteiger partial charge in [-0.15, -0.1) is 0 Å². The van der Waals surface area contributed by atoms with Crippen molar-refractivity contribution in [3.8, 4) is 0 Å². The lowest BCUT2D eigenvalue weighted by Crippen LogP contribution is -2.49. The van der Waals surface area contributed by atoms with E-state index < -0.39 is 0 Å². The number of hydrogen-bond donors (Lipinski definition) is 0. The van der Waals surface area contributed by atoms with E-state index in [9.17, 15) is 0 Å². The van der Waals surface area contributed by atoms with Gasteiger partial charge in [-0.05, 0) is 86.4 Å². The van der Waals surface area contributed by atoms with Crippen LogP contribution >= 0.6 is 0 Å². The molecule has 4 aliphatic carbocycles. The minimum absolute atomic E-state index is 0.531. The maximum atomic E-state index is 2.71. The van der Waals surface area contributed by atoms with Crippen molar-refractivity contribution in [1.82, 2.24) is 0 Å². The van der Waals surface area contributed by atoms with E-state index in [4.69, 9.17) is 0 Å². The smallest absolute Gasteiger partial charge is 0.00850 e. The van der Waals surface area contributed by atoms with Crippen molar-refractivity contribution in [2.24, 2.45) is 34.5 Å². The third-order valence-corrected chi connectivity index (χ3v) is 8.75. The van der Waals surface area contributed by atoms with Crippen molar-refractivity contribution in [1.29, 1.82) is 0 Å². The lowest BCUT2D eigenvalue weighted by atomic mass is 9.47. The van der Waals surface area contributed by atoms with Crippen LogP contribution in [0.15, 0.2) is 23.3 Å². The maximum absolute atomic E-state index is 2.71. The molecule has 2 fully saturated rings. The maximum Gasteiger partial charge on any atom is -0.00850 e. The topological polar surface area (TPSA) is 0 Å². The van der Waals surface area contributed by atoms with Crippen molar-refractivity contribution in [2.75, 3.05) is 0 Å². The molecule has 0 aromatic carbocycles. The van der Waals surface area contributed by atoms with Gasteiger partial charge in [-0.2, -0.15) is 0 Å². The Bertz CT molecular complexity index is 524. The van der Waals surface area contributed by atoms with Crippen LogP contribution < -0.4 is 0 Å². The summed E-state index contributed by atoms with van der Waals surface area (Å²) in [7, 11) is 0. The van der Waals surface area contributed by atoms with E-state index in [1.54, 1.807) is 5.57 Å². The molecule has 0 aliphatic heterocycles. The van der Waals surface area contributed by atoms with Gasteiger partial charge >= 0.3 is 0 Å². The first-order valence-electron chi connectivity index (χ1n) is 10.9. The average molecular weight is 329 g/mol. The summed E-state index contributed by atoms with van der Waals surface area (Å²) < 4.78 is 0. The second-order valence-electron chi connectivity index (χ2n) is 9.36. The molecule has 0 amide bonds. The highest BCUT2D eigenvalue weighted by atomic mass is 14.6. The van der Waals surface area contributed by atoms with Crippen molar-refractivity contribution in [3.05, 3.63) is 23.3 Å². The van der Waals surface area contributed by atoms with E-state index in [-0.39, 0.29) is 0 Å². The second-order valence-corrected chi connectivity index (χ2v) is 9.36. The molecule has 0 N–H and O–H groups in total. The molecule has 0 heteroatoms. The highest BCUT2D eigenvalue weighted by Crippen LogP contribution is 2.65.